The molecule has 2 aromatic heterocycles. The van der Waals surface area contributed by atoms with E-state index in [1.165, 1.54) is 0 Å². The van der Waals surface area contributed by atoms with Crippen molar-refractivity contribution >= 4 is 17.5 Å². The summed E-state index contributed by atoms with van der Waals surface area (Å²) in [5.41, 5.74) is 3.16. The van der Waals surface area contributed by atoms with E-state index in [0.717, 1.165) is 17.0 Å². The first-order chi connectivity index (χ1) is 11.0. The van der Waals surface area contributed by atoms with E-state index in [0.29, 0.717) is 10.6 Å². The molecule has 0 aliphatic carbocycles. The van der Waals surface area contributed by atoms with E-state index in [1.807, 2.05) is 38.4 Å². The van der Waals surface area contributed by atoms with Gasteiger partial charge in [0, 0.05) is 30.2 Å². The number of aryl methyl sites for hydroxylation is 2. The van der Waals surface area contributed by atoms with Crippen LogP contribution in [0.15, 0.2) is 48.8 Å². The predicted molar refractivity (Wildman–Crippen MR) is 89.5 cm³/mol. The number of aromatic nitrogens is 3. The van der Waals surface area contributed by atoms with Crippen LogP contribution in [0.4, 0.5) is 0 Å². The maximum atomic E-state index is 12.6. The molecule has 2 heterocycles. The number of benzene rings is 1. The molecule has 0 bridgehead atoms. The van der Waals surface area contributed by atoms with Crippen molar-refractivity contribution in [3.05, 3.63) is 76.3 Å². The number of halogens is 1. The van der Waals surface area contributed by atoms with Gasteiger partial charge in [0.25, 0.3) is 5.91 Å². The first-order valence-corrected chi connectivity index (χ1v) is 7.62. The lowest BCUT2D eigenvalue weighted by atomic mass is 10.0. The highest BCUT2D eigenvalue weighted by Crippen LogP contribution is 2.23. The van der Waals surface area contributed by atoms with Crippen LogP contribution in [0.5, 0.6) is 0 Å². The second kappa shape index (κ2) is 6.30. The molecule has 1 unspecified atom stereocenters. The molecule has 0 spiro atoms. The van der Waals surface area contributed by atoms with Crippen LogP contribution in [0, 0.1) is 6.92 Å². The van der Waals surface area contributed by atoms with Gasteiger partial charge in [0.2, 0.25) is 0 Å². The zero-order valence-electron chi connectivity index (χ0n) is 12.9. The smallest absolute Gasteiger partial charge is 0.253 e. The molecule has 118 valence electrons. The maximum absolute atomic E-state index is 12.6. The first kappa shape index (κ1) is 15.4. The van der Waals surface area contributed by atoms with Crippen molar-refractivity contribution in [2.24, 2.45) is 7.05 Å². The second-order valence-corrected chi connectivity index (χ2v) is 5.83. The van der Waals surface area contributed by atoms with Gasteiger partial charge in [0.15, 0.2) is 0 Å². The Bertz CT molecular complexity index is 819. The molecule has 23 heavy (non-hydrogen) atoms. The van der Waals surface area contributed by atoms with E-state index in [-0.39, 0.29) is 11.9 Å². The molecular formula is C17H17ClN4O. The Morgan fingerprint density at radius 3 is 2.57 bits per heavy atom. The number of H-pyrrole nitrogens is 1. The van der Waals surface area contributed by atoms with E-state index in [1.54, 1.807) is 29.1 Å². The number of aromatic amines is 1. The van der Waals surface area contributed by atoms with Gasteiger partial charge >= 0.3 is 0 Å². The van der Waals surface area contributed by atoms with Gasteiger partial charge in [-0.05, 0) is 36.8 Å². The van der Waals surface area contributed by atoms with Gasteiger partial charge in [-0.15, -0.1) is 0 Å². The minimum atomic E-state index is -0.338. The summed E-state index contributed by atoms with van der Waals surface area (Å²) in [5.74, 6) is -0.144. The van der Waals surface area contributed by atoms with Crippen LogP contribution in [0.3, 0.4) is 0 Å². The van der Waals surface area contributed by atoms with Crippen molar-refractivity contribution in [1.82, 2.24) is 20.1 Å². The summed E-state index contributed by atoms with van der Waals surface area (Å²) < 4.78 is 1.71. The van der Waals surface area contributed by atoms with Gasteiger partial charge in [-0.1, -0.05) is 23.7 Å². The van der Waals surface area contributed by atoms with Crippen LogP contribution in [-0.2, 0) is 7.05 Å². The topological polar surface area (TPSA) is 62.7 Å². The average molecular weight is 329 g/mol. The summed E-state index contributed by atoms with van der Waals surface area (Å²) in [4.78, 5) is 15.6. The monoisotopic (exact) mass is 328 g/mol. The van der Waals surface area contributed by atoms with Gasteiger partial charge in [0.05, 0.1) is 17.3 Å². The van der Waals surface area contributed by atoms with Crippen molar-refractivity contribution in [2.75, 3.05) is 0 Å². The van der Waals surface area contributed by atoms with Crippen LogP contribution in [0.2, 0.25) is 5.02 Å². The number of hydrogen-bond acceptors (Lipinski definition) is 2. The molecule has 1 atom stereocenters. The lowest BCUT2D eigenvalue weighted by Gasteiger charge is -2.17. The standard InChI is InChI=1S/C17H17ClN4O/c1-11-14(7-9-19-11)17(23)20-16(15-8-10-22(2)21-15)12-3-5-13(18)6-4-12/h3-10,16,19H,1-2H3,(H,20,23). The fraction of sp³-hybridized carbons (Fsp3) is 0.176. The number of hydrogen-bond donors (Lipinski definition) is 2. The van der Waals surface area contributed by atoms with Crippen molar-refractivity contribution < 1.29 is 4.79 Å². The average Bonchev–Trinajstić information content (AvgIpc) is 3.14. The summed E-state index contributed by atoms with van der Waals surface area (Å²) in [6, 6.07) is 10.7. The van der Waals surface area contributed by atoms with Crippen molar-refractivity contribution in [3.63, 3.8) is 0 Å². The SMILES string of the molecule is Cc1[nH]ccc1C(=O)NC(c1ccc(Cl)cc1)c1ccn(C)n1. The van der Waals surface area contributed by atoms with Crippen LogP contribution in [0.25, 0.3) is 0 Å². The molecule has 0 aliphatic rings. The molecule has 0 fully saturated rings. The van der Waals surface area contributed by atoms with Crippen LogP contribution >= 0.6 is 11.6 Å². The molecule has 1 aromatic carbocycles. The van der Waals surface area contributed by atoms with Crippen LogP contribution in [0.1, 0.15) is 33.4 Å². The van der Waals surface area contributed by atoms with Gasteiger partial charge in [-0.25, -0.2) is 0 Å². The molecule has 0 saturated heterocycles. The molecule has 0 radical (unpaired) electrons. The Morgan fingerprint density at radius 2 is 2.00 bits per heavy atom. The fourth-order valence-corrected chi connectivity index (χ4v) is 2.60. The highest BCUT2D eigenvalue weighted by molar-refractivity contribution is 6.30. The van der Waals surface area contributed by atoms with E-state index in [2.05, 4.69) is 15.4 Å². The zero-order chi connectivity index (χ0) is 16.4. The summed E-state index contributed by atoms with van der Waals surface area (Å²) in [7, 11) is 1.85. The molecule has 3 aromatic rings. The predicted octanol–water partition coefficient (Wildman–Crippen LogP) is 3.23. The van der Waals surface area contributed by atoms with E-state index in [9.17, 15) is 4.79 Å². The van der Waals surface area contributed by atoms with Crippen molar-refractivity contribution in [2.45, 2.75) is 13.0 Å². The number of rotatable bonds is 4. The van der Waals surface area contributed by atoms with Crippen molar-refractivity contribution in [1.29, 1.82) is 0 Å². The fourth-order valence-electron chi connectivity index (χ4n) is 2.48. The summed E-state index contributed by atoms with van der Waals surface area (Å²) in [6.07, 6.45) is 3.61. The Morgan fingerprint density at radius 1 is 1.26 bits per heavy atom. The van der Waals surface area contributed by atoms with Crippen molar-refractivity contribution in [3.8, 4) is 0 Å². The molecule has 2 N–H and O–H groups in total. The third-order valence-corrected chi connectivity index (χ3v) is 3.96. The minimum absolute atomic E-state index is 0.144. The number of nitrogens with zero attached hydrogens (tertiary/aromatic N) is 2. The maximum Gasteiger partial charge on any atom is 0.253 e. The summed E-state index contributed by atoms with van der Waals surface area (Å²) in [6.45, 7) is 1.87. The third-order valence-electron chi connectivity index (χ3n) is 3.71. The van der Waals surface area contributed by atoms with Crippen LogP contribution in [-0.4, -0.2) is 20.7 Å². The number of amides is 1. The van der Waals surface area contributed by atoms with Gasteiger partial charge < -0.3 is 10.3 Å². The molecule has 1 amide bonds. The number of carbonyl (C=O) groups is 1. The number of nitrogens with one attached hydrogen (secondary N) is 2. The highest BCUT2D eigenvalue weighted by atomic mass is 35.5. The quantitative estimate of drug-likeness (QED) is 0.772. The van der Waals surface area contributed by atoms with E-state index in [4.69, 9.17) is 11.6 Å². The van der Waals surface area contributed by atoms with Gasteiger partial charge in [-0.2, -0.15) is 5.10 Å². The third kappa shape index (κ3) is 3.29. The number of carbonyl (C=O) groups excluding carboxylic acids is 1. The minimum Gasteiger partial charge on any atom is -0.365 e. The summed E-state index contributed by atoms with van der Waals surface area (Å²) >= 11 is 5.96. The Labute approximate surface area is 139 Å². The molecule has 3 rings (SSSR count). The second-order valence-electron chi connectivity index (χ2n) is 5.39. The lowest BCUT2D eigenvalue weighted by Crippen LogP contribution is -2.30. The molecule has 0 aliphatic heterocycles. The van der Waals surface area contributed by atoms with E-state index < -0.39 is 0 Å². The van der Waals surface area contributed by atoms with Gasteiger partial charge in [0.1, 0.15) is 0 Å². The van der Waals surface area contributed by atoms with Gasteiger partial charge in [-0.3, -0.25) is 9.48 Å². The van der Waals surface area contributed by atoms with E-state index >= 15 is 0 Å². The Balaban J connectivity index is 1.94. The molecule has 0 saturated carbocycles. The Kier molecular flexibility index (Phi) is 4.21. The highest BCUT2D eigenvalue weighted by Gasteiger charge is 2.21. The largest absolute Gasteiger partial charge is 0.365 e. The molecular weight excluding hydrogens is 312 g/mol. The Hall–Kier alpha value is -2.53. The van der Waals surface area contributed by atoms with Crippen LogP contribution < -0.4 is 5.32 Å². The molecule has 5 nitrogen and oxygen atoms in total. The first-order valence-electron chi connectivity index (χ1n) is 7.24. The lowest BCUT2D eigenvalue weighted by molar-refractivity contribution is 0.0941. The summed E-state index contributed by atoms with van der Waals surface area (Å²) in [5, 5.41) is 8.13. The zero-order valence-corrected chi connectivity index (χ0v) is 13.6. The normalized spacial score (nSPS) is 12.1. The molecule has 6 heteroatoms.